The Balaban J connectivity index is 1.73. The molecule has 2 N–H and O–H groups in total. The summed E-state index contributed by atoms with van der Waals surface area (Å²) in [6.07, 6.45) is 5.43. The number of fused-ring (bicyclic) bond motifs is 1. The smallest absolute Gasteiger partial charge is 0.134 e. The van der Waals surface area contributed by atoms with Crippen molar-refractivity contribution >= 4 is 11.0 Å². The zero-order valence-electron chi connectivity index (χ0n) is 11.5. The van der Waals surface area contributed by atoms with Gasteiger partial charge < -0.3 is 10.2 Å². The van der Waals surface area contributed by atoms with Crippen molar-refractivity contribution in [2.45, 2.75) is 25.8 Å². The van der Waals surface area contributed by atoms with E-state index in [2.05, 4.69) is 36.2 Å². The van der Waals surface area contributed by atoms with E-state index in [1.807, 2.05) is 18.3 Å². The number of hydrogen-bond acceptors (Lipinski definition) is 3. The highest BCUT2D eigenvalue weighted by atomic mass is 16.3. The summed E-state index contributed by atoms with van der Waals surface area (Å²) in [5.41, 5.74) is 9.57. The molecule has 0 saturated heterocycles. The number of rotatable bonds is 4. The summed E-state index contributed by atoms with van der Waals surface area (Å²) in [7, 11) is 0. The van der Waals surface area contributed by atoms with Crippen molar-refractivity contribution in [2.24, 2.45) is 5.73 Å². The molecule has 2 aromatic heterocycles. The largest absolute Gasteiger partial charge is 0.459 e. The summed E-state index contributed by atoms with van der Waals surface area (Å²) in [6, 6.07) is 12.2. The van der Waals surface area contributed by atoms with Crippen LogP contribution in [0.25, 0.3) is 11.0 Å². The van der Waals surface area contributed by atoms with Gasteiger partial charge in [0, 0.05) is 17.8 Å². The normalized spacial score (nSPS) is 12.7. The summed E-state index contributed by atoms with van der Waals surface area (Å²) < 4.78 is 5.83. The number of pyridine rings is 1. The molecule has 1 aromatic carbocycles. The number of benzene rings is 1. The predicted molar refractivity (Wildman–Crippen MR) is 80.4 cm³/mol. The first-order chi connectivity index (χ1) is 9.72. The number of hydrogen-bond donors (Lipinski definition) is 1. The monoisotopic (exact) mass is 266 g/mol. The third-order valence-electron chi connectivity index (χ3n) is 3.52. The van der Waals surface area contributed by atoms with Gasteiger partial charge in [-0.2, -0.15) is 0 Å². The van der Waals surface area contributed by atoms with E-state index in [0.717, 1.165) is 29.6 Å². The van der Waals surface area contributed by atoms with Gasteiger partial charge in [-0.25, -0.2) is 0 Å². The molecule has 0 saturated carbocycles. The molecule has 3 rings (SSSR count). The Morgan fingerprint density at radius 3 is 2.95 bits per heavy atom. The summed E-state index contributed by atoms with van der Waals surface area (Å²) in [4.78, 5) is 4.12. The first kappa shape index (κ1) is 12.9. The van der Waals surface area contributed by atoms with Crippen molar-refractivity contribution in [2.75, 3.05) is 0 Å². The van der Waals surface area contributed by atoms with E-state index in [1.54, 1.807) is 6.20 Å². The summed E-state index contributed by atoms with van der Waals surface area (Å²) in [5.74, 6) is 0.856. The number of nitrogens with two attached hydrogens (primary N) is 1. The molecule has 3 aromatic rings. The summed E-state index contributed by atoms with van der Waals surface area (Å²) in [6.45, 7) is 2.08. The van der Waals surface area contributed by atoms with Crippen LogP contribution in [0.2, 0.25) is 0 Å². The lowest BCUT2D eigenvalue weighted by Gasteiger charge is -2.07. The molecule has 20 heavy (non-hydrogen) atoms. The first-order valence-corrected chi connectivity index (χ1v) is 6.87. The molecule has 1 atom stereocenters. The topological polar surface area (TPSA) is 52.0 Å². The summed E-state index contributed by atoms with van der Waals surface area (Å²) >= 11 is 0. The van der Waals surface area contributed by atoms with Gasteiger partial charge in [-0.15, -0.1) is 0 Å². The van der Waals surface area contributed by atoms with E-state index in [4.69, 9.17) is 10.2 Å². The van der Waals surface area contributed by atoms with Gasteiger partial charge in [0.1, 0.15) is 11.3 Å². The third kappa shape index (κ3) is 2.73. The number of aromatic nitrogens is 1. The lowest BCUT2D eigenvalue weighted by molar-refractivity contribution is 0.478. The van der Waals surface area contributed by atoms with Crippen molar-refractivity contribution in [3.05, 3.63) is 65.7 Å². The van der Waals surface area contributed by atoms with Gasteiger partial charge in [-0.1, -0.05) is 17.7 Å². The minimum Gasteiger partial charge on any atom is -0.459 e. The highest BCUT2D eigenvalue weighted by Gasteiger charge is 2.12. The van der Waals surface area contributed by atoms with Gasteiger partial charge in [0.15, 0.2) is 0 Å². The fourth-order valence-electron chi connectivity index (χ4n) is 2.38. The quantitative estimate of drug-likeness (QED) is 0.782. The molecule has 0 fully saturated rings. The Hall–Kier alpha value is -2.13. The van der Waals surface area contributed by atoms with Crippen LogP contribution in [0.3, 0.4) is 0 Å². The van der Waals surface area contributed by atoms with Crippen LogP contribution in [0.15, 0.2) is 53.2 Å². The molecule has 0 aliphatic rings. The van der Waals surface area contributed by atoms with Crippen molar-refractivity contribution in [1.29, 1.82) is 0 Å². The molecular weight excluding hydrogens is 248 g/mol. The van der Waals surface area contributed by atoms with E-state index >= 15 is 0 Å². The molecule has 3 heteroatoms. The second-order valence-corrected chi connectivity index (χ2v) is 5.20. The molecule has 0 bridgehead atoms. The molecule has 0 aliphatic carbocycles. The minimum atomic E-state index is -0.0806. The number of furan rings is 1. The Morgan fingerprint density at radius 1 is 1.25 bits per heavy atom. The molecule has 102 valence electrons. The van der Waals surface area contributed by atoms with Crippen LogP contribution in [-0.4, -0.2) is 4.98 Å². The predicted octanol–water partition coefficient (Wildman–Crippen LogP) is 3.77. The minimum absolute atomic E-state index is 0.0806. The average molecular weight is 266 g/mol. The van der Waals surface area contributed by atoms with Crippen LogP contribution in [0, 0.1) is 6.92 Å². The van der Waals surface area contributed by atoms with E-state index in [9.17, 15) is 0 Å². The number of aryl methyl sites for hydroxylation is 2. The fraction of sp³-hybridized carbons (Fsp3) is 0.235. The van der Waals surface area contributed by atoms with Gasteiger partial charge in [-0.05, 0) is 49.6 Å². The Labute approximate surface area is 118 Å². The highest BCUT2D eigenvalue weighted by molar-refractivity contribution is 5.78. The summed E-state index contributed by atoms with van der Waals surface area (Å²) in [5, 5.41) is 1.12. The van der Waals surface area contributed by atoms with Gasteiger partial charge in [0.25, 0.3) is 0 Å². The van der Waals surface area contributed by atoms with E-state index in [1.165, 1.54) is 11.1 Å². The van der Waals surface area contributed by atoms with Crippen LogP contribution in [-0.2, 0) is 6.42 Å². The molecule has 0 radical (unpaired) electrons. The molecule has 3 nitrogen and oxygen atoms in total. The maximum atomic E-state index is 6.23. The third-order valence-corrected chi connectivity index (χ3v) is 3.52. The van der Waals surface area contributed by atoms with Crippen LogP contribution >= 0.6 is 0 Å². The SMILES string of the molecule is Cc1ccc2oc(C(N)CCc3cccnc3)cc2c1. The van der Waals surface area contributed by atoms with Crippen LogP contribution in [0.4, 0.5) is 0 Å². The Kier molecular flexibility index (Phi) is 3.52. The lowest BCUT2D eigenvalue weighted by Crippen LogP contribution is -2.10. The maximum Gasteiger partial charge on any atom is 0.134 e. The van der Waals surface area contributed by atoms with Crippen LogP contribution < -0.4 is 5.73 Å². The molecule has 2 heterocycles. The molecule has 0 amide bonds. The fourth-order valence-corrected chi connectivity index (χ4v) is 2.38. The average Bonchev–Trinajstić information content (AvgIpc) is 2.89. The van der Waals surface area contributed by atoms with Crippen LogP contribution in [0.1, 0.15) is 29.3 Å². The zero-order valence-corrected chi connectivity index (χ0v) is 11.5. The first-order valence-electron chi connectivity index (χ1n) is 6.87. The van der Waals surface area contributed by atoms with Gasteiger partial charge >= 0.3 is 0 Å². The molecule has 1 unspecified atom stereocenters. The van der Waals surface area contributed by atoms with E-state index in [0.29, 0.717) is 0 Å². The maximum absolute atomic E-state index is 6.23. The van der Waals surface area contributed by atoms with Crippen molar-refractivity contribution in [1.82, 2.24) is 4.98 Å². The van der Waals surface area contributed by atoms with Crippen LogP contribution in [0.5, 0.6) is 0 Å². The van der Waals surface area contributed by atoms with Crippen molar-refractivity contribution in [3.63, 3.8) is 0 Å². The molecular formula is C17H18N2O. The molecule has 0 aliphatic heterocycles. The Morgan fingerprint density at radius 2 is 2.15 bits per heavy atom. The Bertz CT molecular complexity index is 703. The standard InChI is InChI=1S/C17H18N2O/c1-12-4-7-16-14(9-12)10-17(20-16)15(18)6-5-13-3-2-8-19-11-13/h2-4,7-11,15H,5-6,18H2,1H3. The van der Waals surface area contributed by atoms with Crippen molar-refractivity contribution in [3.8, 4) is 0 Å². The second kappa shape index (κ2) is 5.47. The number of nitrogens with zero attached hydrogens (tertiary/aromatic N) is 1. The van der Waals surface area contributed by atoms with Gasteiger partial charge in [-0.3, -0.25) is 4.98 Å². The molecule has 0 spiro atoms. The van der Waals surface area contributed by atoms with E-state index < -0.39 is 0 Å². The second-order valence-electron chi connectivity index (χ2n) is 5.20. The lowest BCUT2D eigenvalue weighted by atomic mass is 10.1. The highest BCUT2D eigenvalue weighted by Crippen LogP contribution is 2.26. The zero-order chi connectivity index (χ0) is 13.9. The van der Waals surface area contributed by atoms with E-state index in [-0.39, 0.29) is 6.04 Å². The van der Waals surface area contributed by atoms with Gasteiger partial charge in [0.2, 0.25) is 0 Å². The van der Waals surface area contributed by atoms with Crippen molar-refractivity contribution < 1.29 is 4.42 Å². The van der Waals surface area contributed by atoms with Gasteiger partial charge in [0.05, 0.1) is 6.04 Å².